The molecule has 2 amide bonds. The van der Waals surface area contributed by atoms with Gasteiger partial charge in [-0.2, -0.15) is 0 Å². The fraction of sp³-hybridized carbons (Fsp3) is 0.562. The number of imide groups is 1. The Morgan fingerprint density at radius 2 is 2.04 bits per heavy atom. The highest BCUT2D eigenvalue weighted by atomic mass is 127. The lowest BCUT2D eigenvalue weighted by Gasteiger charge is -2.25. The van der Waals surface area contributed by atoms with Crippen LogP contribution < -0.4 is 10.6 Å². The van der Waals surface area contributed by atoms with E-state index in [-0.39, 0.29) is 35.8 Å². The van der Waals surface area contributed by atoms with Gasteiger partial charge >= 0.3 is 0 Å². The van der Waals surface area contributed by atoms with Gasteiger partial charge in [0.15, 0.2) is 5.96 Å². The average molecular weight is 448 g/mol. The molecule has 0 aromatic carbocycles. The SMILES string of the molecule is CCNC(=NCCc1ccco1)NCCN1C(=O)CCCC1=O.I. The van der Waals surface area contributed by atoms with Gasteiger partial charge in [-0.25, -0.2) is 0 Å². The number of nitrogens with zero attached hydrogens (tertiary/aromatic N) is 2. The lowest BCUT2D eigenvalue weighted by molar-refractivity contribution is -0.147. The van der Waals surface area contributed by atoms with Crippen LogP contribution in [0.15, 0.2) is 27.8 Å². The van der Waals surface area contributed by atoms with Crippen LogP contribution in [0.25, 0.3) is 0 Å². The zero-order valence-electron chi connectivity index (χ0n) is 13.9. The van der Waals surface area contributed by atoms with E-state index in [1.54, 1.807) is 6.26 Å². The van der Waals surface area contributed by atoms with Crippen LogP contribution in [0.2, 0.25) is 0 Å². The second-order valence-electron chi connectivity index (χ2n) is 5.31. The van der Waals surface area contributed by atoms with Crippen LogP contribution in [0.1, 0.15) is 31.9 Å². The summed E-state index contributed by atoms with van der Waals surface area (Å²) in [4.78, 5) is 29.3. The van der Waals surface area contributed by atoms with Crippen LogP contribution in [0.5, 0.6) is 0 Å². The summed E-state index contributed by atoms with van der Waals surface area (Å²) in [6.45, 7) is 4.20. The molecule has 0 bridgehead atoms. The summed E-state index contributed by atoms with van der Waals surface area (Å²) in [6, 6.07) is 3.78. The standard InChI is InChI=1S/C16H24N4O3.HI/c1-2-17-16(18-9-8-13-5-4-12-23-13)19-10-11-20-14(21)6-3-7-15(20)22;/h4-5,12H,2-3,6-11H2,1H3,(H2,17,18,19);1H. The number of hydrogen-bond acceptors (Lipinski definition) is 4. The van der Waals surface area contributed by atoms with Crippen LogP contribution in [0.3, 0.4) is 0 Å². The topological polar surface area (TPSA) is 86.9 Å². The number of furan rings is 1. The first-order valence-corrected chi connectivity index (χ1v) is 8.08. The van der Waals surface area contributed by atoms with Crippen molar-refractivity contribution in [2.75, 3.05) is 26.2 Å². The van der Waals surface area contributed by atoms with E-state index < -0.39 is 0 Å². The molecule has 7 nitrogen and oxygen atoms in total. The molecule has 1 fully saturated rings. The minimum atomic E-state index is -0.0807. The van der Waals surface area contributed by atoms with Crippen molar-refractivity contribution in [2.24, 2.45) is 4.99 Å². The largest absolute Gasteiger partial charge is 0.469 e. The van der Waals surface area contributed by atoms with Crippen molar-refractivity contribution in [1.29, 1.82) is 0 Å². The van der Waals surface area contributed by atoms with E-state index in [1.807, 2.05) is 19.1 Å². The first-order valence-electron chi connectivity index (χ1n) is 8.08. The van der Waals surface area contributed by atoms with Gasteiger partial charge in [0, 0.05) is 45.4 Å². The van der Waals surface area contributed by atoms with E-state index >= 15 is 0 Å². The monoisotopic (exact) mass is 448 g/mol. The number of piperidine rings is 1. The number of halogens is 1. The molecule has 1 aliphatic rings. The molecule has 0 radical (unpaired) electrons. The summed E-state index contributed by atoms with van der Waals surface area (Å²) in [5.74, 6) is 1.41. The molecule has 2 heterocycles. The van der Waals surface area contributed by atoms with E-state index in [0.717, 1.165) is 18.7 Å². The maximum atomic E-state index is 11.7. The van der Waals surface area contributed by atoms with E-state index in [2.05, 4.69) is 15.6 Å². The number of nitrogens with one attached hydrogen (secondary N) is 2. The molecule has 0 atom stereocenters. The third-order valence-electron chi connectivity index (χ3n) is 3.56. The minimum absolute atomic E-state index is 0. The number of likely N-dealkylation sites (tertiary alicyclic amines) is 1. The zero-order chi connectivity index (χ0) is 16.5. The molecule has 0 unspecified atom stereocenters. The fourth-order valence-corrected chi connectivity index (χ4v) is 2.41. The highest BCUT2D eigenvalue weighted by Crippen LogP contribution is 2.11. The van der Waals surface area contributed by atoms with E-state index in [9.17, 15) is 9.59 Å². The zero-order valence-corrected chi connectivity index (χ0v) is 16.2. The lowest BCUT2D eigenvalue weighted by atomic mass is 10.1. The number of aliphatic imine (C=N–C) groups is 1. The van der Waals surface area contributed by atoms with Crippen LogP contribution in [0.4, 0.5) is 0 Å². The predicted octanol–water partition coefficient (Wildman–Crippen LogP) is 1.53. The van der Waals surface area contributed by atoms with E-state index in [1.165, 1.54) is 4.90 Å². The average Bonchev–Trinajstić information content (AvgIpc) is 3.03. The maximum absolute atomic E-state index is 11.7. The van der Waals surface area contributed by atoms with Gasteiger partial charge in [-0.3, -0.25) is 19.5 Å². The summed E-state index contributed by atoms with van der Waals surface area (Å²) in [5, 5.41) is 6.29. The molecule has 1 aromatic heterocycles. The number of rotatable bonds is 7. The van der Waals surface area contributed by atoms with E-state index in [0.29, 0.717) is 44.9 Å². The quantitative estimate of drug-likeness (QED) is 0.286. The van der Waals surface area contributed by atoms with Gasteiger partial charge in [0.05, 0.1) is 6.26 Å². The molecular weight excluding hydrogens is 423 g/mol. The smallest absolute Gasteiger partial charge is 0.229 e. The Morgan fingerprint density at radius 3 is 2.67 bits per heavy atom. The molecule has 24 heavy (non-hydrogen) atoms. The first kappa shape index (κ1) is 20.5. The Bertz CT molecular complexity index is 530. The second kappa shape index (κ2) is 11.1. The van der Waals surface area contributed by atoms with Crippen molar-refractivity contribution in [3.8, 4) is 0 Å². The second-order valence-corrected chi connectivity index (χ2v) is 5.31. The van der Waals surface area contributed by atoms with Crippen molar-refractivity contribution < 1.29 is 14.0 Å². The van der Waals surface area contributed by atoms with Crippen molar-refractivity contribution in [3.63, 3.8) is 0 Å². The molecule has 0 saturated carbocycles. The normalized spacial score (nSPS) is 15.2. The van der Waals surface area contributed by atoms with Gasteiger partial charge in [-0.15, -0.1) is 24.0 Å². The van der Waals surface area contributed by atoms with Gasteiger partial charge in [-0.1, -0.05) is 0 Å². The molecule has 0 spiro atoms. The minimum Gasteiger partial charge on any atom is -0.469 e. The summed E-state index contributed by atoms with van der Waals surface area (Å²) in [6.07, 6.45) is 3.96. The van der Waals surface area contributed by atoms with Crippen molar-refractivity contribution in [2.45, 2.75) is 32.6 Å². The Labute approximate surface area is 159 Å². The van der Waals surface area contributed by atoms with Gasteiger partial charge in [-0.05, 0) is 25.5 Å². The van der Waals surface area contributed by atoms with Crippen LogP contribution in [0, 0.1) is 0 Å². The van der Waals surface area contributed by atoms with Crippen molar-refractivity contribution >= 4 is 41.8 Å². The fourth-order valence-electron chi connectivity index (χ4n) is 2.41. The molecule has 1 saturated heterocycles. The Hall–Kier alpha value is -1.58. The number of carbonyl (C=O) groups excluding carboxylic acids is 2. The van der Waals surface area contributed by atoms with E-state index in [4.69, 9.17) is 4.42 Å². The summed E-state index contributed by atoms with van der Waals surface area (Å²) in [5.41, 5.74) is 0. The van der Waals surface area contributed by atoms with Crippen molar-refractivity contribution in [1.82, 2.24) is 15.5 Å². The molecule has 8 heteroatoms. The van der Waals surface area contributed by atoms with Gasteiger partial charge in [0.2, 0.25) is 11.8 Å². The molecule has 2 rings (SSSR count). The third-order valence-corrected chi connectivity index (χ3v) is 3.56. The molecular formula is C16H25IN4O3. The number of hydrogen-bond donors (Lipinski definition) is 2. The number of carbonyl (C=O) groups is 2. The molecule has 134 valence electrons. The first-order chi connectivity index (χ1) is 11.2. The Morgan fingerprint density at radius 1 is 1.29 bits per heavy atom. The van der Waals surface area contributed by atoms with Crippen LogP contribution in [-0.2, 0) is 16.0 Å². The molecule has 0 aliphatic carbocycles. The summed E-state index contributed by atoms with van der Waals surface area (Å²) < 4.78 is 5.27. The molecule has 1 aliphatic heterocycles. The maximum Gasteiger partial charge on any atom is 0.229 e. The molecule has 2 N–H and O–H groups in total. The predicted molar refractivity (Wildman–Crippen MR) is 102 cm³/mol. The number of amides is 2. The lowest BCUT2D eigenvalue weighted by Crippen LogP contribution is -2.46. The third kappa shape index (κ3) is 6.50. The summed E-state index contributed by atoms with van der Waals surface area (Å²) in [7, 11) is 0. The summed E-state index contributed by atoms with van der Waals surface area (Å²) >= 11 is 0. The Balaban J connectivity index is 0.00000288. The van der Waals surface area contributed by atoms with Gasteiger partial charge in [0.1, 0.15) is 5.76 Å². The van der Waals surface area contributed by atoms with Gasteiger partial charge < -0.3 is 15.1 Å². The number of guanidine groups is 1. The van der Waals surface area contributed by atoms with Crippen LogP contribution >= 0.6 is 24.0 Å². The van der Waals surface area contributed by atoms with Gasteiger partial charge in [0.25, 0.3) is 0 Å². The highest BCUT2D eigenvalue weighted by molar-refractivity contribution is 14.0. The van der Waals surface area contributed by atoms with Crippen LogP contribution in [-0.4, -0.2) is 48.9 Å². The van der Waals surface area contributed by atoms with Crippen molar-refractivity contribution in [3.05, 3.63) is 24.2 Å². The highest BCUT2D eigenvalue weighted by Gasteiger charge is 2.25. The molecule has 1 aromatic rings. The Kier molecular flexibility index (Phi) is 9.43.